The van der Waals surface area contributed by atoms with Crippen molar-refractivity contribution in [2.75, 3.05) is 19.6 Å². The molecule has 2 aliphatic rings. The van der Waals surface area contributed by atoms with E-state index in [-0.39, 0.29) is 36.8 Å². The van der Waals surface area contributed by atoms with Crippen molar-refractivity contribution in [2.24, 2.45) is 11.7 Å². The van der Waals surface area contributed by atoms with Gasteiger partial charge in [-0.3, -0.25) is 4.90 Å². The molecule has 31 heavy (non-hydrogen) atoms. The second-order valence-corrected chi connectivity index (χ2v) is 8.70. The maximum atomic E-state index is 13.0. The van der Waals surface area contributed by atoms with Gasteiger partial charge in [0.25, 0.3) is 0 Å². The van der Waals surface area contributed by atoms with Crippen molar-refractivity contribution < 1.29 is 13.2 Å². The van der Waals surface area contributed by atoms with Gasteiger partial charge < -0.3 is 10.3 Å². The summed E-state index contributed by atoms with van der Waals surface area (Å²) in [7, 11) is 0. The molecule has 174 valence electrons. The van der Waals surface area contributed by atoms with E-state index in [1.54, 1.807) is 0 Å². The Morgan fingerprint density at radius 3 is 2.45 bits per heavy atom. The number of rotatable bonds is 4. The Balaban J connectivity index is 0.00000171. The van der Waals surface area contributed by atoms with E-state index in [2.05, 4.69) is 21.2 Å². The standard InChI is InChI=1S/C20H25ClF3N5.2ClH/c21-16-3-1-2-15(10-16)19(13-25)6-4-14(5-7-19)11-28-8-9-29-17(12-28)26-27-18(29)20(22,23)24;;/h1-3,10,14H,4-9,11-13,25H2;2*1H. The predicted molar refractivity (Wildman–Crippen MR) is 119 cm³/mol. The summed E-state index contributed by atoms with van der Waals surface area (Å²) in [6.45, 7) is 2.73. The van der Waals surface area contributed by atoms with Crippen LogP contribution in [-0.4, -0.2) is 39.3 Å². The van der Waals surface area contributed by atoms with Crippen molar-refractivity contribution in [3.63, 3.8) is 0 Å². The van der Waals surface area contributed by atoms with Gasteiger partial charge in [0.15, 0.2) is 0 Å². The van der Waals surface area contributed by atoms with Crippen LogP contribution in [0.4, 0.5) is 13.2 Å². The predicted octanol–water partition coefficient (Wildman–Crippen LogP) is 4.70. The lowest BCUT2D eigenvalue weighted by molar-refractivity contribution is -0.148. The van der Waals surface area contributed by atoms with E-state index < -0.39 is 12.0 Å². The number of benzene rings is 1. The van der Waals surface area contributed by atoms with Crippen LogP contribution in [0.3, 0.4) is 0 Å². The number of aromatic nitrogens is 3. The van der Waals surface area contributed by atoms with E-state index >= 15 is 0 Å². The van der Waals surface area contributed by atoms with Gasteiger partial charge in [-0.1, -0.05) is 23.7 Å². The first-order valence-corrected chi connectivity index (χ1v) is 10.4. The van der Waals surface area contributed by atoms with Gasteiger partial charge in [0.05, 0.1) is 6.54 Å². The summed E-state index contributed by atoms with van der Waals surface area (Å²) in [5.41, 5.74) is 7.35. The number of fused-ring (bicyclic) bond motifs is 1. The van der Waals surface area contributed by atoms with Crippen LogP contribution in [0.25, 0.3) is 0 Å². The van der Waals surface area contributed by atoms with Crippen molar-refractivity contribution >= 4 is 36.4 Å². The molecule has 0 saturated heterocycles. The van der Waals surface area contributed by atoms with Crippen LogP contribution < -0.4 is 5.73 Å². The Bertz CT molecular complexity index is 866. The number of nitrogens with zero attached hydrogens (tertiary/aromatic N) is 4. The summed E-state index contributed by atoms with van der Waals surface area (Å²) < 4.78 is 40.2. The van der Waals surface area contributed by atoms with Gasteiger partial charge in [0, 0.05) is 36.6 Å². The third-order valence-electron chi connectivity index (χ3n) is 6.49. The van der Waals surface area contributed by atoms with E-state index in [4.69, 9.17) is 17.3 Å². The number of hydrogen-bond donors (Lipinski definition) is 1. The molecule has 1 saturated carbocycles. The van der Waals surface area contributed by atoms with Crippen molar-refractivity contribution in [2.45, 2.75) is 50.4 Å². The van der Waals surface area contributed by atoms with Crippen molar-refractivity contribution in [3.05, 3.63) is 46.5 Å². The summed E-state index contributed by atoms with van der Waals surface area (Å²) in [6.07, 6.45) is -0.377. The molecule has 1 aromatic heterocycles. The maximum absolute atomic E-state index is 13.0. The first kappa shape index (κ1) is 26.2. The second kappa shape index (κ2) is 10.3. The molecule has 0 bridgehead atoms. The van der Waals surface area contributed by atoms with E-state index in [0.29, 0.717) is 31.4 Å². The molecule has 0 atom stereocenters. The lowest BCUT2D eigenvalue weighted by Crippen LogP contribution is -2.43. The summed E-state index contributed by atoms with van der Waals surface area (Å²) in [5, 5.41) is 7.86. The fourth-order valence-electron chi connectivity index (χ4n) is 4.78. The minimum atomic E-state index is -4.46. The molecule has 2 aromatic rings. The fraction of sp³-hybridized carbons (Fsp3) is 0.600. The molecular weight excluding hydrogens is 474 g/mol. The van der Waals surface area contributed by atoms with Crippen LogP contribution in [-0.2, 0) is 24.7 Å². The lowest BCUT2D eigenvalue weighted by atomic mass is 9.66. The number of nitrogens with two attached hydrogens (primary N) is 1. The molecule has 1 aliphatic heterocycles. The topological polar surface area (TPSA) is 60.0 Å². The molecule has 1 fully saturated rings. The van der Waals surface area contributed by atoms with Crippen LogP contribution in [0.2, 0.25) is 5.02 Å². The van der Waals surface area contributed by atoms with Gasteiger partial charge in [0.1, 0.15) is 5.82 Å². The fourth-order valence-corrected chi connectivity index (χ4v) is 4.97. The van der Waals surface area contributed by atoms with Gasteiger partial charge in [-0.2, -0.15) is 13.2 Å². The highest BCUT2D eigenvalue weighted by Crippen LogP contribution is 2.42. The Labute approximate surface area is 197 Å². The zero-order valence-corrected chi connectivity index (χ0v) is 19.3. The molecule has 1 aromatic carbocycles. The summed E-state index contributed by atoms with van der Waals surface area (Å²) in [6, 6.07) is 7.97. The first-order chi connectivity index (χ1) is 13.8. The highest BCUT2D eigenvalue weighted by molar-refractivity contribution is 6.30. The zero-order chi connectivity index (χ0) is 20.6. The highest BCUT2D eigenvalue weighted by atomic mass is 35.5. The number of alkyl halides is 3. The lowest BCUT2D eigenvalue weighted by Gasteiger charge is -2.41. The number of hydrogen-bond acceptors (Lipinski definition) is 4. The quantitative estimate of drug-likeness (QED) is 0.661. The van der Waals surface area contributed by atoms with E-state index in [1.165, 1.54) is 10.1 Å². The van der Waals surface area contributed by atoms with Crippen molar-refractivity contribution in [1.82, 2.24) is 19.7 Å². The van der Waals surface area contributed by atoms with E-state index in [0.717, 1.165) is 37.3 Å². The van der Waals surface area contributed by atoms with Crippen molar-refractivity contribution in [1.29, 1.82) is 0 Å². The zero-order valence-electron chi connectivity index (χ0n) is 16.9. The second-order valence-electron chi connectivity index (χ2n) is 8.26. The summed E-state index contributed by atoms with van der Waals surface area (Å²) in [4.78, 5) is 2.20. The summed E-state index contributed by atoms with van der Waals surface area (Å²) >= 11 is 6.18. The largest absolute Gasteiger partial charge is 0.451 e. The molecule has 5 nitrogen and oxygen atoms in total. The van der Waals surface area contributed by atoms with E-state index in [9.17, 15) is 13.2 Å². The molecule has 11 heteroatoms. The molecule has 2 N–H and O–H groups in total. The Morgan fingerprint density at radius 2 is 1.84 bits per heavy atom. The van der Waals surface area contributed by atoms with Crippen LogP contribution >= 0.6 is 36.4 Å². The molecule has 0 radical (unpaired) electrons. The average Bonchev–Trinajstić information content (AvgIpc) is 3.12. The Hall–Kier alpha value is -1.06. The molecule has 4 rings (SSSR count). The van der Waals surface area contributed by atoms with Gasteiger partial charge in [-0.05, 0) is 49.3 Å². The average molecular weight is 501 g/mol. The van der Waals surface area contributed by atoms with Crippen LogP contribution in [0.15, 0.2) is 24.3 Å². The number of halogens is 6. The van der Waals surface area contributed by atoms with Crippen LogP contribution in [0.1, 0.15) is 42.9 Å². The molecule has 2 heterocycles. The Kier molecular flexibility index (Phi) is 8.66. The van der Waals surface area contributed by atoms with E-state index in [1.807, 2.05) is 18.2 Å². The molecule has 0 unspecified atom stereocenters. The maximum Gasteiger partial charge on any atom is 0.451 e. The molecular formula is C20H27Cl3F3N5. The minimum absolute atomic E-state index is 0. The smallest absolute Gasteiger partial charge is 0.330 e. The first-order valence-electron chi connectivity index (χ1n) is 9.98. The molecule has 0 amide bonds. The normalized spacial score (nSPS) is 24.1. The van der Waals surface area contributed by atoms with Gasteiger partial charge in [-0.25, -0.2) is 0 Å². The molecule has 1 aliphatic carbocycles. The van der Waals surface area contributed by atoms with Crippen LogP contribution in [0.5, 0.6) is 0 Å². The monoisotopic (exact) mass is 499 g/mol. The minimum Gasteiger partial charge on any atom is -0.330 e. The van der Waals surface area contributed by atoms with Crippen LogP contribution in [0, 0.1) is 5.92 Å². The summed E-state index contributed by atoms with van der Waals surface area (Å²) in [5.74, 6) is 0.0131. The molecule has 0 spiro atoms. The Morgan fingerprint density at radius 1 is 1.13 bits per heavy atom. The van der Waals surface area contributed by atoms with Gasteiger partial charge in [-0.15, -0.1) is 35.0 Å². The highest BCUT2D eigenvalue weighted by Gasteiger charge is 2.40. The third kappa shape index (κ3) is 5.47. The SMILES string of the molecule is Cl.Cl.NCC1(c2cccc(Cl)c2)CCC(CN2CCn3c(nnc3C(F)(F)F)C2)CC1. The third-order valence-corrected chi connectivity index (χ3v) is 6.73. The van der Waals surface area contributed by atoms with Gasteiger partial charge in [0.2, 0.25) is 5.82 Å². The van der Waals surface area contributed by atoms with Gasteiger partial charge >= 0.3 is 6.18 Å². The van der Waals surface area contributed by atoms with Crippen molar-refractivity contribution in [3.8, 4) is 0 Å².